The van der Waals surface area contributed by atoms with Crippen LogP contribution in [0, 0.1) is 6.92 Å². The van der Waals surface area contributed by atoms with Gasteiger partial charge in [0, 0.05) is 10.7 Å². The lowest BCUT2D eigenvalue weighted by Gasteiger charge is -2.43. The maximum absolute atomic E-state index is 12.3. The highest BCUT2D eigenvalue weighted by Crippen LogP contribution is 2.30. The number of halogens is 1. The molecule has 1 heterocycles. The summed E-state index contributed by atoms with van der Waals surface area (Å²) >= 11 is 5.81. The third-order valence-electron chi connectivity index (χ3n) is 3.62. The largest absolute Gasteiger partial charge is 0.478 e. The average molecular weight is 316 g/mol. The summed E-state index contributed by atoms with van der Waals surface area (Å²) in [5.74, 6) is 0.286. The van der Waals surface area contributed by atoms with Gasteiger partial charge >= 0.3 is 0 Å². The molecule has 1 fully saturated rings. The van der Waals surface area contributed by atoms with Gasteiger partial charge in [0.15, 0.2) is 0 Å². The number of hydrogen-bond donors (Lipinski definition) is 0. The molecule has 0 spiro atoms. The Kier molecular flexibility index (Phi) is 3.86. The molecule has 3 rings (SSSR count). The highest BCUT2D eigenvalue weighted by atomic mass is 35.5. The van der Waals surface area contributed by atoms with E-state index in [1.165, 1.54) is 4.90 Å². The molecular formula is C17H14ClNO3. The monoisotopic (exact) mass is 315 g/mol. The van der Waals surface area contributed by atoms with E-state index in [2.05, 4.69) is 0 Å². The molecule has 0 radical (unpaired) electrons. The first-order chi connectivity index (χ1) is 10.6. The molecule has 22 heavy (non-hydrogen) atoms. The third kappa shape index (κ3) is 2.57. The molecule has 0 saturated carbocycles. The molecule has 1 amide bonds. The van der Waals surface area contributed by atoms with Crippen molar-refractivity contribution in [2.75, 3.05) is 4.90 Å². The van der Waals surface area contributed by atoms with Crippen LogP contribution in [0.1, 0.15) is 5.56 Å². The molecule has 2 aromatic carbocycles. The van der Waals surface area contributed by atoms with Crippen molar-refractivity contribution in [1.82, 2.24) is 0 Å². The average Bonchev–Trinajstić information content (AvgIpc) is 2.53. The number of carbonyl (C=O) groups is 2. The molecule has 1 saturated heterocycles. The Labute approximate surface area is 133 Å². The lowest BCUT2D eigenvalue weighted by molar-refractivity contribution is -0.138. The molecule has 2 atom stereocenters. The third-order valence-corrected chi connectivity index (χ3v) is 3.87. The van der Waals surface area contributed by atoms with Crippen molar-refractivity contribution in [3.05, 3.63) is 59.1 Å². The second-order valence-corrected chi connectivity index (χ2v) is 5.60. The van der Waals surface area contributed by atoms with Gasteiger partial charge in [0.25, 0.3) is 5.91 Å². The van der Waals surface area contributed by atoms with Crippen LogP contribution in [0.4, 0.5) is 5.69 Å². The molecule has 5 heteroatoms. The Balaban J connectivity index is 1.78. The van der Waals surface area contributed by atoms with Crippen LogP contribution in [-0.4, -0.2) is 24.3 Å². The minimum atomic E-state index is -0.792. The lowest BCUT2D eigenvalue weighted by atomic mass is 9.97. The van der Waals surface area contributed by atoms with Crippen molar-refractivity contribution in [3.8, 4) is 5.75 Å². The van der Waals surface area contributed by atoms with E-state index in [1.807, 2.05) is 31.2 Å². The van der Waals surface area contributed by atoms with Crippen molar-refractivity contribution in [3.63, 3.8) is 0 Å². The fourth-order valence-corrected chi connectivity index (χ4v) is 2.53. The van der Waals surface area contributed by atoms with E-state index in [0.29, 0.717) is 16.5 Å². The van der Waals surface area contributed by atoms with Crippen molar-refractivity contribution < 1.29 is 14.3 Å². The zero-order valence-corrected chi connectivity index (χ0v) is 12.7. The molecule has 0 aliphatic carbocycles. The smallest absolute Gasteiger partial charge is 0.271 e. The van der Waals surface area contributed by atoms with Crippen LogP contribution in [0.2, 0.25) is 5.02 Å². The molecule has 4 nitrogen and oxygen atoms in total. The molecule has 0 N–H and O–H groups in total. The molecule has 1 aliphatic heterocycles. The van der Waals surface area contributed by atoms with Crippen LogP contribution in [0.5, 0.6) is 5.75 Å². The van der Waals surface area contributed by atoms with Crippen LogP contribution < -0.4 is 9.64 Å². The second-order valence-electron chi connectivity index (χ2n) is 5.16. The maximum atomic E-state index is 12.3. The number of hydrogen-bond acceptors (Lipinski definition) is 3. The number of ether oxygens (including phenoxy) is 1. The number of aldehydes is 1. The zero-order valence-electron chi connectivity index (χ0n) is 11.9. The number of amides is 1. The van der Waals surface area contributed by atoms with E-state index in [4.69, 9.17) is 16.3 Å². The summed E-state index contributed by atoms with van der Waals surface area (Å²) < 4.78 is 5.62. The summed E-state index contributed by atoms with van der Waals surface area (Å²) in [6.45, 7) is 1.96. The first-order valence-electron chi connectivity index (χ1n) is 6.87. The van der Waals surface area contributed by atoms with Gasteiger partial charge < -0.3 is 9.53 Å². The molecule has 2 aromatic rings. The van der Waals surface area contributed by atoms with Gasteiger partial charge in [0.1, 0.15) is 18.1 Å². The number of β-lactam (4-membered cyclic amide) rings is 1. The van der Waals surface area contributed by atoms with Crippen LogP contribution in [-0.2, 0) is 9.59 Å². The fraction of sp³-hybridized carbons (Fsp3) is 0.176. The van der Waals surface area contributed by atoms with E-state index in [-0.39, 0.29) is 5.91 Å². The number of aryl methyl sites for hydroxylation is 1. The number of carbonyl (C=O) groups excluding carboxylic acids is 2. The lowest BCUT2D eigenvalue weighted by Crippen LogP contribution is -2.68. The number of nitrogens with zero attached hydrogens (tertiary/aromatic N) is 1. The van der Waals surface area contributed by atoms with E-state index in [0.717, 1.165) is 11.8 Å². The topological polar surface area (TPSA) is 46.6 Å². The number of anilines is 1. The SMILES string of the molecule is Cc1ccc(N2C(=O)[C@H](Oc3ccc(Cl)cc3)[C@H]2C=O)cc1. The van der Waals surface area contributed by atoms with Gasteiger partial charge in [-0.05, 0) is 43.3 Å². The van der Waals surface area contributed by atoms with Gasteiger partial charge in [0.05, 0.1) is 0 Å². The van der Waals surface area contributed by atoms with Crippen molar-refractivity contribution >= 4 is 29.5 Å². The van der Waals surface area contributed by atoms with Crippen LogP contribution in [0.3, 0.4) is 0 Å². The maximum Gasteiger partial charge on any atom is 0.271 e. The summed E-state index contributed by atoms with van der Waals surface area (Å²) in [6, 6.07) is 13.5. The first-order valence-corrected chi connectivity index (χ1v) is 7.25. The van der Waals surface area contributed by atoms with Gasteiger partial charge in [0.2, 0.25) is 6.10 Å². The molecule has 1 aliphatic rings. The van der Waals surface area contributed by atoms with E-state index in [1.54, 1.807) is 24.3 Å². The van der Waals surface area contributed by atoms with Crippen LogP contribution in [0.25, 0.3) is 0 Å². The van der Waals surface area contributed by atoms with Gasteiger partial charge in [-0.25, -0.2) is 0 Å². The van der Waals surface area contributed by atoms with Gasteiger partial charge in [-0.2, -0.15) is 0 Å². The molecular weight excluding hydrogens is 302 g/mol. The fourth-order valence-electron chi connectivity index (χ4n) is 2.40. The Morgan fingerprint density at radius 2 is 1.73 bits per heavy atom. The highest BCUT2D eigenvalue weighted by molar-refractivity contribution is 6.30. The van der Waals surface area contributed by atoms with Crippen molar-refractivity contribution in [2.45, 2.75) is 19.1 Å². The Bertz CT molecular complexity index is 697. The minimum Gasteiger partial charge on any atom is -0.478 e. The highest BCUT2D eigenvalue weighted by Gasteiger charge is 2.50. The summed E-state index contributed by atoms with van der Waals surface area (Å²) in [5, 5.41) is 0.584. The predicted molar refractivity (Wildman–Crippen MR) is 84.4 cm³/mol. The second kappa shape index (κ2) is 5.81. The Morgan fingerprint density at radius 3 is 2.32 bits per heavy atom. The molecule has 0 bridgehead atoms. The summed E-state index contributed by atoms with van der Waals surface area (Å²) in [7, 11) is 0. The Morgan fingerprint density at radius 1 is 1.09 bits per heavy atom. The quantitative estimate of drug-likeness (QED) is 0.643. The van der Waals surface area contributed by atoms with E-state index in [9.17, 15) is 9.59 Å². The zero-order chi connectivity index (χ0) is 15.7. The normalized spacial score (nSPS) is 20.5. The first kappa shape index (κ1) is 14.6. The van der Waals surface area contributed by atoms with Gasteiger partial charge in [-0.1, -0.05) is 29.3 Å². The van der Waals surface area contributed by atoms with Crippen LogP contribution >= 0.6 is 11.6 Å². The molecule has 0 aromatic heterocycles. The van der Waals surface area contributed by atoms with E-state index >= 15 is 0 Å². The summed E-state index contributed by atoms with van der Waals surface area (Å²) in [5.41, 5.74) is 1.79. The number of rotatable bonds is 4. The van der Waals surface area contributed by atoms with Crippen molar-refractivity contribution in [2.24, 2.45) is 0 Å². The molecule has 112 valence electrons. The minimum absolute atomic E-state index is 0.226. The van der Waals surface area contributed by atoms with Gasteiger partial charge in [-0.3, -0.25) is 9.69 Å². The summed E-state index contributed by atoms with van der Waals surface area (Å²) in [4.78, 5) is 25.1. The van der Waals surface area contributed by atoms with Gasteiger partial charge in [-0.15, -0.1) is 0 Å². The molecule has 0 unspecified atom stereocenters. The van der Waals surface area contributed by atoms with E-state index < -0.39 is 12.1 Å². The van der Waals surface area contributed by atoms with Crippen molar-refractivity contribution in [1.29, 1.82) is 0 Å². The standard InChI is InChI=1S/C17H14ClNO3/c1-11-2-6-13(7-3-11)19-15(10-20)16(17(19)21)22-14-8-4-12(18)5-9-14/h2-10,15-16H,1H3/t15-,16-/m1/s1. The summed E-state index contributed by atoms with van der Waals surface area (Å²) in [6.07, 6.45) is -0.0537. The Hall–Kier alpha value is -2.33. The van der Waals surface area contributed by atoms with Crippen LogP contribution in [0.15, 0.2) is 48.5 Å². The predicted octanol–water partition coefficient (Wildman–Crippen LogP) is 3.01. The number of benzene rings is 2.